The number of ether oxygens (including phenoxy) is 1. The van der Waals surface area contributed by atoms with E-state index in [9.17, 15) is 5.11 Å². The molecule has 0 bridgehead atoms. The summed E-state index contributed by atoms with van der Waals surface area (Å²) in [7, 11) is 1.67. The molecule has 0 amide bonds. The summed E-state index contributed by atoms with van der Waals surface area (Å²) in [6.45, 7) is 5.26. The number of nitrogens with one attached hydrogen (secondary N) is 1. The predicted molar refractivity (Wildman–Crippen MR) is 77.3 cm³/mol. The maximum Gasteiger partial charge on any atom is 0.0638 e. The zero-order valence-electron chi connectivity index (χ0n) is 12.1. The normalized spacial score (nSPS) is 22.8. The van der Waals surface area contributed by atoms with Crippen molar-refractivity contribution in [3.63, 3.8) is 0 Å². The van der Waals surface area contributed by atoms with Gasteiger partial charge in [0, 0.05) is 13.2 Å². The monoisotopic (exact) mass is 263 g/mol. The van der Waals surface area contributed by atoms with Gasteiger partial charge in [0.05, 0.1) is 19.3 Å². The number of aliphatic hydroxyl groups excluding tert-OH is 1. The fourth-order valence-corrected chi connectivity index (χ4v) is 3.02. The number of hydrogen-bond donors (Lipinski definition) is 2. The van der Waals surface area contributed by atoms with Crippen LogP contribution in [0.25, 0.3) is 0 Å². The Morgan fingerprint density at radius 2 is 2.16 bits per heavy atom. The summed E-state index contributed by atoms with van der Waals surface area (Å²) in [4.78, 5) is 0. The van der Waals surface area contributed by atoms with Crippen LogP contribution in [0.15, 0.2) is 24.3 Å². The van der Waals surface area contributed by atoms with Crippen molar-refractivity contribution in [1.29, 1.82) is 0 Å². The molecule has 2 rings (SSSR count). The molecule has 0 radical (unpaired) electrons. The first-order chi connectivity index (χ1) is 9.08. The van der Waals surface area contributed by atoms with E-state index in [1.54, 1.807) is 7.11 Å². The lowest BCUT2D eigenvalue weighted by Gasteiger charge is -2.38. The van der Waals surface area contributed by atoms with Gasteiger partial charge in [-0.25, -0.2) is 0 Å². The van der Waals surface area contributed by atoms with Crippen LogP contribution in [-0.4, -0.2) is 31.5 Å². The van der Waals surface area contributed by atoms with Crippen LogP contribution in [-0.2, 0) is 10.2 Å². The largest absolute Gasteiger partial charge is 0.395 e. The number of rotatable bonds is 5. The molecule has 1 aliphatic carbocycles. The summed E-state index contributed by atoms with van der Waals surface area (Å²) < 4.78 is 5.14. The Morgan fingerprint density at radius 1 is 1.42 bits per heavy atom. The van der Waals surface area contributed by atoms with Gasteiger partial charge < -0.3 is 15.2 Å². The van der Waals surface area contributed by atoms with Gasteiger partial charge >= 0.3 is 0 Å². The quantitative estimate of drug-likeness (QED) is 0.857. The maximum absolute atomic E-state index is 9.40. The second kappa shape index (κ2) is 6.04. The molecule has 0 saturated heterocycles. The molecule has 0 heterocycles. The van der Waals surface area contributed by atoms with E-state index >= 15 is 0 Å². The molecule has 1 aliphatic rings. The van der Waals surface area contributed by atoms with Crippen molar-refractivity contribution >= 4 is 0 Å². The molecule has 0 saturated carbocycles. The standard InChI is InChI=1S/C16H25NO2/c1-16(2)9-8-15(17-12(10-18)11-19-3)13-6-4-5-7-14(13)16/h4-7,12,15,17-18H,8-11H2,1-3H3. The third-order valence-electron chi connectivity index (χ3n) is 4.15. The highest BCUT2D eigenvalue weighted by Gasteiger charge is 2.32. The predicted octanol–water partition coefficient (Wildman–Crippen LogP) is 2.40. The SMILES string of the molecule is COCC(CO)NC1CCC(C)(C)c2ccccc21. The summed E-state index contributed by atoms with van der Waals surface area (Å²) in [6.07, 6.45) is 2.26. The minimum Gasteiger partial charge on any atom is -0.395 e. The molecule has 0 aliphatic heterocycles. The van der Waals surface area contributed by atoms with Crippen molar-refractivity contribution in [2.45, 2.75) is 44.2 Å². The molecule has 3 heteroatoms. The highest BCUT2D eigenvalue weighted by molar-refractivity contribution is 5.38. The van der Waals surface area contributed by atoms with Gasteiger partial charge in [-0.1, -0.05) is 38.1 Å². The molecule has 1 aromatic rings. The number of benzene rings is 1. The number of aliphatic hydroxyl groups is 1. The first-order valence-corrected chi connectivity index (χ1v) is 7.03. The van der Waals surface area contributed by atoms with E-state index in [0.29, 0.717) is 12.6 Å². The Labute approximate surface area is 116 Å². The van der Waals surface area contributed by atoms with E-state index in [0.717, 1.165) is 12.8 Å². The lowest BCUT2D eigenvalue weighted by atomic mass is 9.71. The van der Waals surface area contributed by atoms with Crippen LogP contribution in [0.3, 0.4) is 0 Å². The average Bonchev–Trinajstić information content (AvgIpc) is 2.41. The van der Waals surface area contributed by atoms with Gasteiger partial charge in [0.1, 0.15) is 0 Å². The lowest BCUT2D eigenvalue weighted by Crippen LogP contribution is -2.42. The van der Waals surface area contributed by atoms with Crippen molar-refractivity contribution in [3.8, 4) is 0 Å². The Hall–Kier alpha value is -0.900. The van der Waals surface area contributed by atoms with Crippen molar-refractivity contribution < 1.29 is 9.84 Å². The Balaban J connectivity index is 2.20. The van der Waals surface area contributed by atoms with Crippen molar-refractivity contribution in [2.75, 3.05) is 20.3 Å². The summed E-state index contributed by atoms with van der Waals surface area (Å²) >= 11 is 0. The van der Waals surface area contributed by atoms with E-state index in [4.69, 9.17) is 4.74 Å². The van der Waals surface area contributed by atoms with Gasteiger partial charge in [-0.3, -0.25) is 0 Å². The maximum atomic E-state index is 9.40. The zero-order valence-corrected chi connectivity index (χ0v) is 12.1. The summed E-state index contributed by atoms with van der Waals surface area (Å²) in [6, 6.07) is 8.96. The van der Waals surface area contributed by atoms with E-state index in [1.165, 1.54) is 11.1 Å². The molecule has 1 aromatic carbocycles. The molecule has 0 aromatic heterocycles. The smallest absolute Gasteiger partial charge is 0.0638 e. The molecule has 3 nitrogen and oxygen atoms in total. The third-order valence-corrected chi connectivity index (χ3v) is 4.15. The minimum absolute atomic E-state index is 0.00395. The topological polar surface area (TPSA) is 41.5 Å². The van der Waals surface area contributed by atoms with Crippen LogP contribution < -0.4 is 5.32 Å². The van der Waals surface area contributed by atoms with E-state index in [2.05, 4.69) is 43.4 Å². The first-order valence-electron chi connectivity index (χ1n) is 7.03. The highest BCUT2D eigenvalue weighted by Crippen LogP contribution is 2.41. The Bertz CT molecular complexity index is 417. The van der Waals surface area contributed by atoms with E-state index in [-0.39, 0.29) is 18.1 Å². The number of fused-ring (bicyclic) bond motifs is 1. The zero-order chi connectivity index (χ0) is 13.9. The van der Waals surface area contributed by atoms with Gasteiger partial charge in [-0.2, -0.15) is 0 Å². The second-order valence-electron chi connectivity index (χ2n) is 6.06. The molecule has 2 unspecified atom stereocenters. The Kier molecular flexibility index (Phi) is 4.61. The third kappa shape index (κ3) is 3.16. The average molecular weight is 263 g/mol. The molecule has 2 N–H and O–H groups in total. The van der Waals surface area contributed by atoms with E-state index < -0.39 is 0 Å². The van der Waals surface area contributed by atoms with Gasteiger partial charge in [0.15, 0.2) is 0 Å². The lowest BCUT2D eigenvalue weighted by molar-refractivity contribution is 0.119. The molecular formula is C16H25NO2. The fourth-order valence-electron chi connectivity index (χ4n) is 3.02. The Morgan fingerprint density at radius 3 is 2.84 bits per heavy atom. The molecular weight excluding hydrogens is 238 g/mol. The molecule has 2 atom stereocenters. The van der Waals surface area contributed by atoms with Gasteiger partial charge in [0.2, 0.25) is 0 Å². The first kappa shape index (κ1) is 14.5. The van der Waals surface area contributed by atoms with Crippen LogP contribution in [0.5, 0.6) is 0 Å². The van der Waals surface area contributed by atoms with Gasteiger partial charge in [0.25, 0.3) is 0 Å². The van der Waals surface area contributed by atoms with Crippen molar-refractivity contribution in [1.82, 2.24) is 5.32 Å². The van der Waals surface area contributed by atoms with Crippen LogP contribution in [0.2, 0.25) is 0 Å². The number of hydrogen-bond acceptors (Lipinski definition) is 3. The summed E-state index contributed by atoms with van der Waals surface area (Å²) in [5.74, 6) is 0. The second-order valence-corrected chi connectivity index (χ2v) is 6.06. The van der Waals surface area contributed by atoms with Crippen LogP contribution in [0.4, 0.5) is 0 Å². The van der Waals surface area contributed by atoms with Gasteiger partial charge in [-0.15, -0.1) is 0 Å². The van der Waals surface area contributed by atoms with Crippen molar-refractivity contribution in [3.05, 3.63) is 35.4 Å². The molecule has 106 valence electrons. The van der Waals surface area contributed by atoms with Crippen LogP contribution in [0.1, 0.15) is 43.9 Å². The van der Waals surface area contributed by atoms with Crippen LogP contribution in [0, 0.1) is 0 Å². The van der Waals surface area contributed by atoms with Crippen molar-refractivity contribution in [2.24, 2.45) is 0 Å². The molecule has 0 fully saturated rings. The summed E-state index contributed by atoms with van der Waals surface area (Å²) in [5, 5.41) is 12.9. The van der Waals surface area contributed by atoms with E-state index in [1.807, 2.05) is 0 Å². The highest BCUT2D eigenvalue weighted by atomic mass is 16.5. The molecule has 19 heavy (non-hydrogen) atoms. The number of methoxy groups -OCH3 is 1. The fraction of sp³-hybridized carbons (Fsp3) is 0.625. The summed E-state index contributed by atoms with van der Waals surface area (Å²) in [5.41, 5.74) is 3.03. The van der Waals surface area contributed by atoms with Crippen LogP contribution >= 0.6 is 0 Å². The minimum atomic E-state index is 0.00395. The van der Waals surface area contributed by atoms with Gasteiger partial charge in [-0.05, 0) is 29.4 Å². The molecule has 0 spiro atoms.